The van der Waals surface area contributed by atoms with Crippen LogP contribution >= 0.6 is 0 Å². The fraction of sp³-hybridized carbons (Fsp3) is 0. The van der Waals surface area contributed by atoms with Gasteiger partial charge in [-0.3, -0.25) is 0 Å². The van der Waals surface area contributed by atoms with Crippen LogP contribution in [0.1, 0.15) is 0 Å². The van der Waals surface area contributed by atoms with Crippen molar-refractivity contribution in [1.82, 2.24) is 0 Å². The molecule has 0 saturated carbocycles. The molecule has 0 fully saturated rings. The predicted molar refractivity (Wildman–Crippen MR) is 424 cm³/mol. The first-order chi connectivity index (χ1) is 42.0. The van der Waals surface area contributed by atoms with Crippen molar-refractivity contribution < 1.29 is 0 Å². The van der Waals surface area contributed by atoms with Crippen LogP contribution in [0.15, 0.2) is 0 Å². The van der Waals surface area contributed by atoms with E-state index in [4.69, 9.17) is 267 Å². The lowest BCUT2D eigenvalue weighted by atomic mass is 9.53. The Morgan fingerprint density at radius 2 is 0.167 bits per heavy atom. The van der Waals surface area contributed by atoms with E-state index < -0.39 is 0 Å². The molecule has 0 aliphatic heterocycles. The molecule has 12 aromatic rings. The van der Waals surface area contributed by atoms with E-state index in [-0.39, 0.29) is 306 Å². The molecule has 90 heavy (non-hydrogen) atoms. The average Bonchev–Trinajstić information content (AvgIpc) is 0.695. The van der Waals surface area contributed by atoms with Crippen molar-refractivity contribution >= 4 is 517 Å². The van der Waals surface area contributed by atoms with E-state index in [1.165, 1.54) is 0 Å². The number of rotatable bonds is 5. The molecule has 12 aromatic carbocycles. The second-order valence-electron chi connectivity index (χ2n) is 22.3. The normalized spacial score (nSPS) is 12.0. The fourth-order valence-corrected chi connectivity index (χ4v) is 13.5. The zero-order chi connectivity index (χ0) is 66.3. The minimum absolute atomic E-state index is 0.0102. The number of hydrogen-bond donors (Lipinski definition) is 0. The quantitative estimate of drug-likeness (QED) is 0.119. The summed E-state index contributed by atoms with van der Waals surface area (Å²) in [6.45, 7) is 0. The first-order valence-electron chi connectivity index (χ1n) is 26.6. The summed E-state index contributed by atoms with van der Waals surface area (Å²) >= 11 is 0. The minimum Gasteiger partial charge on any atom is -0.112 e. The highest BCUT2D eigenvalue weighted by atomic mass is 14.3. The van der Waals surface area contributed by atoms with Crippen LogP contribution in [0.2, 0.25) is 0 Å². The molecule has 0 amide bonds. The zero-order valence-electron chi connectivity index (χ0n) is 47.6. The van der Waals surface area contributed by atoms with E-state index in [1.807, 2.05) is 0 Å². The summed E-state index contributed by atoms with van der Waals surface area (Å²) in [6, 6.07) is 0. The maximum Gasteiger partial charge on any atom is 0.115 e. The van der Waals surface area contributed by atoms with Crippen LogP contribution in [-0.4, -0.2) is 267 Å². The van der Waals surface area contributed by atoms with Crippen LogP contribution in [0, 0.1) is 0 Å². The lowest BCUT2D eigenvalue weighted by molar-refractivity contribution is 1.77. The van der Waals surface area contributed by atoms with Crippen molar-refractivity contribution in [2.45, 2.75) is 0 Å². The van der Waals surface area contributed by atoms with Gasteiger partial charge in [-0.1, -0.05) is 158 Å². The molecule has 0 spiro atoms. The maximum absolute atomic E-state index is 7.42. The third kappa shape index (κ3) is 8.05. The Morgan fingerprint density at radius 3 is 0.378 bits per heavy atom. The van der Waals surface area contributed by atoms with Crippen molar-refractivity contribution in [2.24, 2.45) is 0 Å². The predicted octanol–water partition coefficient (Wildman–Crippen LogP) is -25.2. The standard InChI is InChI=1S/C56B34/c57-23-17(20-42(76)38(72)15(39(73)43(20)77)7-5-1-3-11(32(66)26(5)60)46(80)52(86)48(82)13(3)36(70)34(68)9(1)30(64)28(7)62)24(58)19(22-50(84)54(88)56(90)55(89)51(22)85)25(59)18(23)21-44(78)40(74)16(41(75)45(21)79)8-6-2-4-12(33(67)27(6)61)47(81)53(87)49(83)14(4)37(71)35(69)10(2)31(65)29(8)63. The second-order valence-corrected chi connectivity index (χ2v) is 22.3. The van der Waals surface area contributed by atoms with E-state index in [1.54, 1.807) is 0 Å². The van der Waals surface area contributed by atoms with Gasteiger partial charge < -0.3 is 0 Å². The van der Waals surface area contributed by atoms with Gasteiger partial charge in [0.2, 0.25) is 0 Å². The SMILES string of the molecule is [B]c1c([B])c([B])c(-c2c([B])c(-c3c([B])c([B])c(-c4c([B])c([B])c5c([B])c([B])c6c([B])c([B])c([B])c7c([B])c([B])c4c5c67)c([B])c3[B])c([B])c(-c3c([B])c([B])c(-c4c([B])c([B])c5c([B])c([B])c6c([B])c([B])c([B])c7c([B])c([B])c4c5c67)c([B])c3[B])c2[B])c([B])c1[B]. The highest BCUT2D eigenvalue weighted by Gasteiger charge is 2.33. The summed E-state index contributed by atoms with van der Waals surface area (Å²) in [6.07, 6.45) is 0. The van der Waals surface area contributed by atoms with Gasteiger partial charge in [-0.15, -0.1) is 27.3 Å². The Kier molecular flexibility index (Phi) is 15.7. The summed E-state index contributed by atoms with van der Waals surface area (Å²) in [7, 11) is 235. The first-order valence-corrected chi connectivity index (χ1v) is 26.6. The molecule has 0 unspecified atom stereocenters. The Hall–Kier alpha value is -5.07. The largest absolute Gasteiger partial charge is 0.115 e. The Labute approximate surface area is 568 Å². The smallest absolute Gasteiger partial charge is 0.112 e. The third-order valence-electron chi connectivity index (χ3n) is 18.1. The zero-order valence-corrected chi connectivity index (χ0v) is 47.6. The van der Waals surface area contributed by atoms with Crippen molar-refractivity contribution in [3.8, 4) is 55.6 Å². The van der Waals surface area contributed by atoms with E-state index in [0.29, 0.717) is 0 Å². The van der Waals surface area contributed by atoms with E-state index in [9.17, 15) is 0 Å². The molecular formula is C56B34. The van der Waals surface area contributed by atoms with Gasteiger partial charge in [0.1, 0.15) is 267 Å². The first kappa shape index (κ1) is 65.0. The molecule has 12 rings (SSSR count). The molecule has 0 atom stereocenters. The summed E-state index contributed by atoms with van der Waals surface area (Å²) in [5, 5.41) is 2.28. The fourth-order valence-electron chi connectivity index (χ4n) is 13.5. The van der Waals surface area contributed by atoms with Crippen molar-refractivity contribution in [1.29, 1.82) is 0 Å². The van der Waals surface area contributed by atoms with Gasteiger partial charge in [0.05, 0.1) is 0 Å². The second kappa shape index (κ2) is 21.7. The van der Waals surface area contributed by atoms with E-state index >= 15 is 0 Å². The van der Waals surface area contributed by atoms with E-state index in [0.717, 1.165) is 0 Å². The lowest BCUT2D eigenvalue weighted by Crippen LogP contribution is -2.56. The molecule has 0 aliphatic carbocycles. The van der Waals surface area contributed by atoms with Gasteiger partial charge in [-0.25, -0.2) is 0 Å². The third-order valence-corrected chi connectivity index (χ3v) is 18.1. The van der Waals surface area contributed by atoms with Crippen LogP contribution in [0.5, 0.6) is 0 Å². The van der Waals surface area contributed by atoms with Gasteiger partial charge in [-0.2, -0.15) is 0 Å². The van der Waals surface area contributed by atoms with Crippen LogP contribution in [0.3, 0.4) is 0 Å². The van der Waals surface area contributed by atoms with Crippen LogP contribution in [0.4, 0.5) is 0 Å². The maximum atomic E-state index is 7.42. The summed E-state index contributed by atoms with van der Waals surface area (Å²) < 4.78 is 0. The van der Waals surface area contributed by atoms with Crippen LogP contribution < -0.4 is 186 Å². The van der Waals surface area contributed by atoms with Gasteiger partial charge in [0.15, 0.2) is 0 Å². The highest BCUT2D eigenvalue weighted by molar-refractivity contribution is 6.80. The molecular weight excluding hydrogens is 1040 g/mol. The molecule has 0 aliphatic rings. The van der Waals surface area contributed by atoms with Crippen LogP contribution in [0.25, 0.3) is 120 Å². The summed E-state index contributed by atoms with van der Waals surface area (Å²) in [5.41, 5.74) is -7.66. The summed E-state index contributed by atoms with van der Waals surface area (Å²) in [5.74, 6) is 0. The number of hydrogen-bond acceptors (Lipinski definition) is 0. The topological polar surface area (TPSA) is 0 Å². The Morgan fingerprint density at radius 1 is 0.0667 bits per heavy atom. The van der Waals surface area contributed by atoms with Gasteiger partial charge in [0.25, 0.3) is 0 Å². The van der Waals surface area contributed by atoms with Crippen molar-refractivity contribution in [2.75, 3.05) is 0 Å². The molecule has 0 heterocycles. The van der Waals surface area contributed by atoms with Crippen LogP contribution in [-0.2, 0) is 0 Å². The lowest BCUT2D eigenvalue weighted by Gasteiger charge is -2.34. The van der Waals surface area contributed by atoms with Gasteiger partial charge in [-0.05, 0) is 120 Å². The molecule has 326 valence electrons. The van der Waals surface area contributed by atoms with Gasteiger partial charge >= 0.3 is 0 Å². The molecule has 68 radical (unpaired) electrons. The monoisotopic (exact) mass is 1050 g/mol. The minimum atomic E-state index is -0.366. The van der Waals surface area contributed by atoms with Crippen molar-refractivity contribution in [3.63, 3.8) is 0 Å². The van der Waals surface area contributed by atoms with E-state index in [2.05, 4.69) is 0 Å². The average molecular weight is 1040 g/mol. The molecule has 0 saturated heterocycles. The molecule has 0 nitrogen and oxygen atoms in total. The van der Waals surface area contributed by atoms with Crippen molar-refractivity contribution in [3.05, 3.63) is 0 Å². The highest BCUT2D eigenvalue weighted by Crippen LogP contribution is 2.35. The Balaban J connectivity index is 1.21. The van der Waals surface area contributed by atoms with Gasteiger partial charge in [0, 0.05) is 0 Å². The molecule has 0 aromatic heterocycles. The Bertz CT molecular complexity index is 5020. The number of benzene rings is 12. The molecule has 0 bridgehead atoms. The summed E-state index contributed by atoms with van der Waals surface area (Å²) in [4.78, 5) is 0. The molecule has 0 N–H and O–H groups in total. The molecule has 34 heteroatoms.